The van der Waals surface area contributed by atoms with Gasteiger partial charge in [0.25, 0.3) is 0 Å². The molecule has 1 fully saturated rings. The molecule has 0 spiro atoms. The van der Waals surface area contributed by atoms with Crippen LogP contribution >= 0.6 is 0 Å². The number of hydrogen-bond acceptors (Lipinski definition) is 4. The van der Waals surface area contributed by atoms with E-state index in [0.717, 1.165) is 24.2 Å². The van der Waals surface area contributed by atoms with Gasteiger partial charge in [0.05, 0.1) is 12.2 Å². The summed E-state index contributed by atoms with van der Waals surface area (Å²) in [4.78, 5) is 16.3. The van der Waals surface area contributed by atoms with E-state index in [1.807, 2.05) is 24.3 Å². The fraction of sp³-hybridized carbons (Fsp3) is 0.500. The Balaban J connectivity index is 1.34. The van der Waals surface area contributed by atoms with Gasteiger partial charge in [-0.05, 0) is 61.8 Å². The van der Waals surface area contributed by atoms with Gasteiger partial charge < -0.3 is 15.2 Å². The van der Waals surface area contributed by atoms with E-state index in [1.165, 1.54) is 5.56 Å². The summed E-state index contributed by atoms with van der Waals surface area (Å²) >= 11 is 0. The van der Waals surface area contributed by atoms with Gasteiger partial charge in [-0.1, -0.05) is 32.0 Å². The van der Waals surface area contributed by atoms with E-state index < -0.39 is 5.60 Å². The number of amides is 1. The number of ether oxygens (including phenoxy) is 1. The lowest BCUT2D eigenvalue weighted by molar-refractivity contribution is -0.122. The third-order valence-corrected chi connectivity index (χ3v) is 5.74. The molecule has 1 amide bonds. The Hall–Kier alpha value is -2.40. The Morgan fingerprint density at radius 1 is 1.24 bits per heavy atom. The molecule has 3 rings (SSSR count). The van der Waals surface area contributed by atoms with E-state index in [0.29, 0.717) is 38.2 Å². The zero-order chi connectivity index (χ0) is 20.7. The summed E-state index contributed by atoms with van der Waals surface area (Å²) in [6.07, 6.45) is 7.40. The maximum atomic E-state index is 12.2. The predicted octanol–water partition coefficient (Wildman–Crippen LogP) is 4.31. The smallest absolute Gasteiger partial charge is 0.220 e. The van der Waals surface area contributed by atoms with E-state index in [1.54, 1.807) is 12.4 Å². The number of aliphatic hydroxyl groups is 1. The lowest BCUT2D eigenvalue weighted by Gasteiger charge is -2.36. The highest BCUT2D eigenvalue weighted by Gasteiger charge is 2.35. The van der Waals surface area contributed by atoms with Crippen LogP contribution in [0.3, 0.4) is 0 Å². The van der Waals surface area contributed by atoms with Gasteiger partial charge in [0.2, 0.25) is 5.91 Å². The minimum atomic E-state index is -0.825. The Kier molecular flexibility index (Phi) is 7.26. The molecule has 1 aromatic heterocycles. The average molecular weight is 397 g/mol. The van der Waals surface area contributed by atoms with Crippen LogP contribution in [0.4, 0.5) is 0 Å². The molecule has 1 aliphatic rings. The van der Waals surface area contributed by atoms with Crippen molar-refractivity contribution in [2.45, 2.75) is 69.9 Å². The molecule has 1 aromatic carbocycles. The van der Waals surface area contributed by atoms with Gasteiger partial charge in [0, 0.05) is 30.4 Å². The van der Waals surface area contributed by atoms with Crippen LogP contribution in [0.1, 0.15) is 69.4 Å². The van der Waals surface area contributed by atoms with Crippen molar-refractivity contribution in [1.29, 1.82) is 0 Å². The van der Waals surface area contributed by atoms with Crippen molar-refractivity contribution in [3.8, 4) is 5.75 Å². The van der Waals surface area contributed by atoms with Crippen LogP contribution in [-0.2, 0) is 10.4 Å². The monoisotopic (exact) mass is 396 g/mol. The molecule has 1 aliphatic carbocycles. The second-order valence-corrected chi connectivity index (χ2v) is 8.29. The topological polar surface area (TPSA) is 71.5 Å². The zero-order valence-corrected chi connectivity index (χ0v) is 17.4. The second kappa shape index (κ2) is 9.88. The highest BCUT2D eigenvalue weighted by Crippen LogP contribution is 2.36. The average Bonchev–Trinajstić information content (AvgIpc) is 2.74. The molecular formula is C24H32N2O3. The molecule has 0 bridgehead atoms. The minimum Gasteiger partial charge on any atom is -0.494 e. The largest absolute Gasteiger partial charge is 0.494 e. The first kappa shape index (κ1) is 21.3. The molecule has 0 aliphatic heterocycles. The maximum Gasteiger partial charge on any atom is 0.220 e. The minimum absolute atomic E-state index is 0.0561. The van der Waals surface area contributed by atoms with Crippen molar-refractivity contribution in [2.24, 2.45) is 0 Å². The van der Waals surface area contributed by atoms with Crippen LogP contribution in [0.15, 0.2) is 48.8 Å². The molecule has 156 valence electrons. The fourth-order valence-corrected chi connectivity index (χ4v) is 3.84. The summed E-state index contributed by atoms with van der Waals surface area (Å²) < 4.78 is 5.74. The number of rotatable bonds is 8. The molecular weight excluding hydrogens is 364 g/mol. The van der Waals surface area contributed by atoms with Crippen molar-refractivity contribution in [1.82, 2.24) is 10.3 Å². The number of benzene rings is 1. The second-order valence-electron chi connectivity index (χ2n) is 8.29. The number of nitrogens with zero attached hydrogens (tertiary/aromatic N) is 1. The fourth-order valence-electron chi connectivity index (χ4n) is 3.84. The quantitative estimate of drug-likeness (QED) is 0.652. The Labute approximate surface area is 173 Å². The van der Waals surface area contributed by atoms with Crippen molar-refractivity contribution >= 4 is 5.91 Å². The molecule has 2 N–H and O–H groups in total. The molecule has 5 nitrogen and oxygen atoms in total. The van der Waals surface area contributed by atoms with Gasteiger partial charge in [0.15, 0.2) is 0 Å². The lowest BCUT2D eigenvalue weighted by atomic mass is 9.78. The van der Waals surface area contributed by atoms with E-state index in [-0.39, 0.29) is 11.9 Å². The van der Waals surface area contributed by atoms with Crippen molar-refractivity contribution < 1.29 is 14.6 Å². The van der Waals surface area contributed by atoms with Crippen LogP contribution in [0.25, 0.3) is 0 Å². The number of carbonyl (C=O) groups is 1. The standard InChI is InChI=1S/C24H32N2O3/c1-18(2)19-7-9-22(10-8-19)29-16-4-6-23(27)26-21-11-13-24(28,14-12-21)20-5-3-15-25-17-20/h3,5,7-10,15,17-18,21,28H,4,6,11-14,16H2,1-2H3,(H,26,27). The Morgan fingerprint density at radius 2 is 1.97 bits per heavy atom. The number of pyridine rings is 1. The van der Waals surface area contributed by atoms with Crippen molar-refractivity contribution in [3.63, 3.8) is 0 Å². The van der Waals surface area contributed by atoms with E-state index in [2.05, 4.69) is 36.3 Å². The van der Waals surface area contributed by atoms with Gasteiger partial charge in [-0.25, -0.2) is 0 Å². The van der Waals surface area contributed by atoms with E-state index in [9.17, 15) is 9.90 Å². The summed E-state index contributed by atoms with van der Waals surface area (Å²) in [6, 6.07) is 12.0. The first-order chi connectivity index (χ1) is 14.0. The Bertz CT molecular complexity index is 766. The van der Waals surface area contributed by atoms with Gasteiger partial charge in [0.1, 0.15) is 5.75 Å². The third-order valence-electron chi connectivity index (χ3n) is 5.74. The normalized spacial score (nSPS) is 21.7. The molecule has 5 heteroatoms. The number of nitrogens with one attached hydrogen (secondary N) is 1. The number of hydrogen-bond donors (Lipinski definition) is 2. The molecule has 1 heterocycles. The summed E-state index contributed by atoms with van der Waals surface area (Å²) in [6.45, 7) is 4.86. The van der Waals surface area contributed by atoms with Crippen molar-refractivity contribution in [2.75, 3.05) is 6.61 Å². The van der Waals surface area contributed by atoms with Crippen LogP contribution in [0.2, 0.25) is 0 Å². The molecule has 0 unspecified atom stereocenters. The van der Waals surface area contributed by atoms with E-state index in [4.69, 9.17) is 4.74 Å². The first-order valence-electron chi connectivity index (χ1n) is 10.6. The highest BCUT2D eigenvalue weighted by atomic mass is 16.5. The molecule has 0 saturated heterocycles. The summed E-state index contributed by atoms with van der Waals surface area (Å²) in [5.74, 6) is 1.41. The van der Waals surface area contributed by atoms with Gasteiger partial charge in [-0.15, -0.1) is 0 Å². The van der Waals surface area contributed by atoms with Gasteiger partial charge in [-0.3, -0.25) is 9.78 Å². The predicted molar refractivity (Wildman–Crippen MR) is 114 cm³/mol. The van der Waals surface area contributed by atoms with Crippen LogP contribution in [0.5, 0.6) is 5.75 Å². The number of carbonyl (C=O) groups excluding carboxylic acids is 1. The third kappa shape index (κ3) is 6.04. The maximum absolute atomic E-state index is 12.2. The SMILES string of the molecule is CC(C)c1ccc(OCCCC(=O)NC2CCC(O)(c3cccnc3)CC2)cc1. The van der Waals surface area contributed by atoms with Gasteiger partial charge >= 0.3 is 0 Å². The first-order valence-corrected chi connectivity index (χ1v) is 10.6. The molecule has 29 heavy (non-hydrogen) atoms. The van der Waals surface area contributed by atoms with Gasteiger partial charge in [-0.2, -0.15) is 0 Å². The highest BCUT2D eigenvalue weighted by molar-refractivity contribution is 5.76. The molecule has 2 aromatic rings. The van der Waals surface area contributed by atoms with Crippen LogP contribution in [-0.4, -0.2) is 28.6 Å². The Morgan fingerprint density at radius 3 is 2.59 bits per heavy atom. The summed E-state index contributed by atoms with van der Waals surface area (Å²) in [5, 5.41) is 14.0. The van der Waals surface area contributed by atoms with Crippen LogP contribution < -0.4 is 10.1 Å². The van der Waals surface area contributed by atoms with Crippen molar-refractivity contribution in [3.05, 3.63) is 59.9 Å². The summed E-state index contributed by atoms with van der Waals surface area (Å²) in [5.41, 5.74) is 1.33. The summed E-state index contributed by atoms with van der Waals surface area (Å²) in [7, 11) is 0. The lowest BCUT2D eigenvalue weighted by Crippen LogP contribution is -2.42. The molecule has 0 radical (unpaired) electrons. The zero-order valence-electron chi connectivity index (χ0n) is 17.4. The molecule has 1 saturated carbocycles. The molecule has 0 atom stereocenters. The van der Waals surface area contributed by atoms with Crippen LogP contribution in [0, 0.1) is 0 Å². The van der Waals surface area contributed by atoms with E-state index >= 15 is 0 Å². The number of aromatic nitrogens is 1.